The van der Waals surface area contributed by atoms with Crippen molar-refractivity contribution < 1.29 is 9.90 Å². The molecule has 4 heteroatoms. The van der Waals surface area contributed by atoms with E-state index in [4.69, 9.17) is 0 Å². The molecule has 4 nitrogen and oxygen atoms in total. The maximum atomic E-state index is 11.9. The molecule has 0 aliphatic heterocycles. The number of nitrogens with one attached hydrogen (secondary N) is 2. The highest BCUT2D eigenvalue weighted by Crippen LogP contribution is 2.37. The molecule has 0 spiro atoms. The van der Waals surface area contributed by atoms with Gasteiger partial charge < -0.3 is 15.7 Å². The fourth-order valence-corrected chi connectivity index (χ4v) is 3.35. The molecule has 2 aliphatic carbocycles. The molecule has 114 valence electrons. The lowest BCUT2D eigenvalue weighted by atomic mass is 9.86. The smallest absolute Gasteiger partial charge is 0.315 e. The highest BCUT2D eigenvalue weighted by Gasteiger charge is 2.38. The van der Waals surface area contributed by atoms with E-state index in [0.29, 0.717) is 6.54 Å². The summed E-state index contributed by atoms with van der Waals surface area (Å²) in [7, 11) is 0. The van der Waals surface area contributed by atoms with Crippen LogP contribution in [0, 0.1) is 5.41 Å². The van der Waals surface area contributed by atoms with Crippen molar-refractivity contribution in [3.63, 3.8) is 0 Å². The zero-order valence-electron chi connectivity index (χ0n) is 12.6. The lowest BCUT2D eigenvalue weighted by molar-refractivity contribution is 0.121. The van der Waals surface area contributed by atoms with Crippen LogP contribution in [0.2, 0.25) is 0 Å². The van der Waals surface area contributed by atoms with E-state index in [0.717, 1.165) is 25.7 Å². The van der Waals surface area contributed by atoms with E-state index in [9.17, 15) is 9.90 Å². The molecule has 20 heavy (non-hydrogen) atoms. The molecule has 0 bridgehead atoms. The van der Waals surface area contributed by atoms with Crippen LogP contribution >= 0.6 is 0 Å². The van der Waals surface area contributed by atoms with Crippen LogP contribution in [0.15, 0.2) is 11.6 Å². The number of allylic oxidation sites excluding steroid dienone is 1. The van der Waals surface area contributed by atoms with Crippen LogP contribution in [0.3, 0.4) is 0 Å². The second kappa shape index (κ2) is 7.11. The summed E-state index contributed by atoms with van der Waals surface area (Å²) in [5.74, 6) is 0. The zero-order chi connectivity index (χ0) is 14.4. The fourth-order valence-electron chi connectivity index (χ4n) is 3.35. The Balaban J connectivity index is 1.69. The predicted octanol–water partition coefficient (Wildman–Crippen LogP) is 2.73. The van der Waals surface area contributed by atoms with Crippen molar-refractivity contribution in [1.29, 1.82) is 0 Å². The van der Waals surface area contributed by atoms with Gasteiger partial charge in [-0.05, 0) is 44.9 Å². The molecule has 0 aromatic carbocycles. The van der Waals surface area contributed by atoms with Gasteiger partial charge in [-0.15, -0.1) is 0 Å². The van der Waals surface area contributed by atoms with E-state index < -0.39 is 0 Å². The third-order valence-corrected chi connectivity index (χ3v) is 4.87. The van der Waals surface area contributed by atoms with Crippen molar-refractivity contribution in [2.45, 2.75) is 64.3 Å². The van der Waals surface area contributed by atoms with E-state index in [1.807, 2.05) is 0 Å². The van der Waals surface area contributed by atoms with Crippen LogP contribution < -0.4 is 10.6 Å². The van der Waals surface area contributed by atoms with Gasteiger partial charge in [-0.2, -0.15) is 0 Å². The molecule has 2 atom stereocenters. The van der Waals surface area contributed by atoms with Gasteiger partial charge in [-0.1, -0.05) is 25.0 Å². The standard InChI is InChI=1S/C16H28N2O2/c1-16(12-19)10-5-8-14(16)18-15(20)17-11-9-13-6-3-2-4-7-13/h6,14,19H,2-5,7-12H2,1H3,(H2,17,18,20). The predicted molar refractivity (Wildman–Crippen MR) is 80.5 cm³/mol. The zero-order valence-corrected chi connectivity index (χ0v) is 12.6. The van der Waals surface area contributed by atoms with Gasteiger partial charge in [-0.3, -0.25) is 0 Å². The van der Waals surface area contributed by atoms with Crippen LogP contribution in [0.5, 0.6) is 0 Å². The van der Waals surface area contributed by atoms with Gasteiger partial charge in [0.05, 0.1) is 6.61 Å². The molecule has 0 aromatic rings. The first-order valence-corrected chi connectivity index (χ1v) is 7.97. The Labute approximate surface area is 122 Å². The van der Waals surface area contributed by atoms with Gasteiger partial charge in [0.25, 0.3) is 0 Å². The maximum absolute atomic E-state index is 11.9. The number of carbonyl (C=O) groups is 1. The first-order chi connectivity index (χ1) is 9.64. The van der Waals surface area contributed by atoms with E-state index >= 15 is 0 Å². The Morgan fingerprint density at radius 3 is 3.00 bits per heavy atom. The van der Waals surface area contributed by atoms with E-state index in [-0.39, 0.29) is 24.1 Å². The average Bonchev–Trinajstić information content (AvgIpc) is 2.82. The number of rotatable bonds is 5. The van der Waals surface area contributed by atoms with Gasteiger partial charge >= 0.3 is 6.03 Å². The van der Waals surface area contributed by atoms with Crippen LogP contribution in [0.1, 0.15) is 58.3 Å². The first kappa shape index (κ1) is 15.4. The van der Waals surface area contributed by atoms with Crippen molar-refractivity contribution in [1.82, 2.24) is 10.6 Å². The summed E-state index contributed by atoms with van der Waals surface area (Å²) in [5, 5.41) is 15.5. The lowest BCUT2D eigenvalue weighted by Gasteiger charge is -2.30. The second-order valence-electron chi connectivity index (χ2n) is 6.52. The van der Waals surface area contributed by atoms with Gasteiger partial charge in [-0.25, -0.2) is 4.79 Å². The van der Waals surface area contributed by atoms with Crippen molar-refractivity contribution in [3.05, 3.63) is 11.6 Å². The summed E-state index contributed by atoms with van der Waals surface area (Å²) in [6.07, 6.45) is 11.3. The monoisotopic (exact) mass is 280 g/mol. The minimum absolute atomic E-state index is 0.0898. The topological polar surface area (TPSA) is 61.4 Å². The molecule has 3 N–H and O–H groups in total. The number of carbonyl (C=O) groups excluding carboxylic acids is 1. The largest absolute Gasteiger partial charge is 0.396 e. The first-order valence-electron chi connectivity index (χ1n) is 7.97. The Hall–Kier alpha value is -1.03. The molecular weight excluding hydrogens is 252 g/mol. The third-order valence-electron chi connectivity index (χ3n) is 4.87. The summed E-state index contributed by atoms with van der Waals surface area (Å²) >= 11 is 0. The molecule has 2 amide bonds. The van der Waals surface area contributed by atoms with Gasteiger partial charge in [0.1, 0.15) is 0 Å². The van der Waals surface area contributed by atoms with E-state index in [1.165, 1.54) is 31.3 Å². The number of hydrogen-bond donors (Lipinski definition) is 3. The minimum atomic E-state index is -0.150. The molecule has 0 radical (unpaired) electrons. The summed E-state index contributed by atoms with van der Waals surface area (Å²) in [4.78, 5) is 11.9. The maximum Gasteiger partial charge on any atom is 0.315 e. The molecule has 0 heterocycles. The number of aliphatic hydroxyl groups is 1. The summed E-state index contributed by atoms with van der Waals surface area (Å²) in [5.41, 5.74) is 1.33. The Morgan fingerprint density at radius 2 is 2.30 bits per heavy atom. The highest BCUT2D eigenvalue weighted by molar-refractivity contribution is 5.74. The normalized spacial score (nSPS) is 29.9. The summed E-state index contributed by atoms with van der Waals surface area (Å²) in [6, 6.07) is 0.00869. The number of hydrogen-bond acceptors (Lipinski definition) is 2. The van der Waals surface area contributed by atoms with Crippen molar-refractivity contribution >= 4 is 6.03 Å². The van der Waals surface area contributed by atoms with Gasteiger partial charge in [0.2, 0.25) is 0 Å². The van der Waals surface area contributed by atoms with Crippen molar-refractivity contribution in [2.75, 3.05) is 13.2 Å². The Kier molecular flexibility index (Phi) is 5.46. The minimum Gasteiger partial charge on any atom is -0.396 e. The van der Waals surface area contributed by atoms with Crippen molar-refractivity contribution in [2.24, 2.45) is 5.41 Å². The highest BCUT2D eigenvalue weighted by atomic mass is 16.3. The molecule has 1 fully saturated rings. The van der Waals surface area contributed by atoms with Crippen LogP contribution in [0.25, 0.3) is 0 Å². The average molecular weight is 280 g/mol. The molecule has 2 aliphatic rings. The molecule has 0 aromatic heterocycles. The van der Waals surface area contributed by atoms with E-state index in [2.05, 4.69) is 23.6 Å². The quantitative estimate of drug-likeness (QED) is 0.678. The summed E-state index contributed by atoms with van der Waals surface area (Å²) < 4.78 is 0. The lowest BCUT2D eigenvalue weighted by Crippen LogP contribution is -2.48. The molecular formula is C16H28N2O2. The Morgan fingerprint density at radius 1 is 1.45 bits per heavy atom. The fraction of sp³-hybridized carbons (Fsp3) is 0.812. The van der Waals surface area contributed by atoms with E-state index in [1.54, 1.807) is 0 Å². The number of amides is 2. The molecule has 2 rings (SSSR count). The summed E-state index contributed by atoms with van der Waals surface area (Å²) in [6.45, 7) is 2.91. The van der Waals surface area contributed by atoms with Gasteiger partial charge in [0.15, 0.2) is 0 Å². The molecule has 0 saturated heterocycles. The SMILES string of the molecule is CC1(CO)CCCC1NC(=O)NCCC1=CCCCC1. The van der Waals surface area contributed by atoms with Gasteiger partial charge in [0, 0.05) is 18.0 Å². The molecule has 2 unspecified atom stereocenters. The number of urea groups is 1. The van der Waals surface area contributed by atoms with Crippen LogP contribution in [0.4, 0.5) is 4.79 Å². The number of aliphatic hydroxyl groups excluding tert-OH is 1. The molecule has 1 saturated carbocycles. The van der Waals surface area contributed by atoms with Crippen molar-refractivity contribution in [3.8, 4) is 0 Å². The second-order valence-corrected chi connectivity index (χ2v) is 6.52. The Bertz CT molecular complexity index is 367. The third kappa shape index (κ3) is 3.98. The van der Waals surface area contributed by atoms with Crippen LogP contribution in [-0.2, 0) is 0 Å². The van der Waals surface area contributed by atoms with Crippen LogP contribution in [-0.4, -0.2) is 30.3 Å².